The zero-order valence-corrected chi connectivity index (χ0v) is 18.7. The fourth-order valence-electron chi connectivity index (χ4n) is 3.71. The smallest absolute Gasteiger partial charge is 0.291 e. The molecule has 2 heterocycles. The third-order valence-corrected chi connectivity index (χ3v) is 7.78. The first-order valence-corrected chi connectivity index (χ1v) is 12.5. The molecule has 32 heavy (non-hydrogen) atoms. The molecule has 1 aromatic heterocycles. The summed E-state index contributed by atoms with van der Waals surface area (Å²) in [5, 5.41) is 2.71. The zero-order chi connectivity index (χ0) is 22.7. The van der Waals surface area contributed by atoms with E-state index >= 15 is 0 Å². The normalized spacial score (nSPS) is 15.3. The van der Waals surface area contributed by atoms with E-state index in [4.69, 9.17) is 0 Å². The lowest BCUT2D eigenvalue weighted by Gasteiger charge is -2.26. The molecule has 0 radical (unpaired) electrons. The molecule has 170 valence electrons. The zero-order valence-electron chi connectivity index (χ0n) is 17.1. The van der Waals surface area contributed by atoms with Gasteiger partial charge in [-0.05, 0) is 54.9 Å². The lowest BCUT2D eigenvalue weighted by atomic mass is 10.2. The number of rotatable bonds is 7. The second-order valence-electron chi connectivity index (χ2n) is 7.39. The molecule has 3 aromatic rings. The molecular weight excluding hydrogens is 458 g/mol. The number of thioether (sulfide) groups is 1. The Balaban J connectivity index is 1.54. The van der Waals surface area contributed by atoms with Gasteiger partial charge in [-0.2, -0.15) is 13.1 Å². The largest absolute Gasteiger partial charge is 0.324 e. The van der Waals surface area contributed by atoms with Gasteiger partial charge >= 0.3 is 0 Å². The summed E-state index contributed by atoms with van der Waals surface area (Å²) in [6, 6.07) is 13.0. The van der Waals surface area contributed by atoms with E-state index in [9.17, 15) is 22.0 Å². The molecule has 1 saturated heterocycles. The third-order valence-electron chi connectivity index (χ3n) is 5.19. The standard InChI is InChI=1S/C21H22F2N4O3S2/c22-20(23)31-21-25-17-9-2-3-10-18(17)27(21)14-19(28)24-15-7-6-8-16(13-15)32(29,30)26-11-4-1-5-12-26/h2-3,6-10,13,20H,1,4-5,11-12,14H2,(H,24,28). The van der Waals surface area contributed by atoms with Crippen molar-refractivity contribution in [1.29, 1.82) is 0 Å². The highest BCUT2D eigenvalue weighted by Gasteiger charge is 2.26. The highest BCUT2D eigenvalue weighted by atomic mass is 32.2. The van der Waals surface area contributed by atoms with Crippen LogP contribution in [0.25, 0.3) is 11.0 Å². The van der Waals surface area contributed by atoms with Gasteiger partial charge in [-0.15, -0.1) is 0 Å². The van der Waals surface area contributed by atoms with Crippen molar-refractivity contribution >= 4 is 44.4 Å². The lowest BCUT2D eigenvalue weighted by Crippen LogP contribution is -2.35. The Labute approximate surface area is 188 Å². The van der Waals surface area contributed by atoms with Crippen molar-refractivity contribution in [3.05, 3.63) is 48.5 Å². The number of para-hydroxylation sites is 2. The van der Waals surface area contributed by atoms with Gasteiger partial charge in [-0.25, -0.2) is 13.4 Å². The van der Waals surface area contributed by atoms with Gasteiger partial charge in [0.2, 0.25) is 15.9 Å². The summed E-state index contributed by atoms with van der Waals surface area (Å²) in [6.07, 6.45) is 2.66. The quantitative estimate of drug-likeness (QED) is 0.514. The third kappa shape index (κ3) is 4.94. The first-order valence-electron chi connectivity index (χ1n) is 10.1. The van der Waals surface area contributed by atoms with Crippen molar-refractivity contribution < 1.29 is 22.0 Å². The van der Waals surface area contributed by atoms with E-state index in [0.29, 0.717) is 29.8 Å². The van der Waals surface area contributed by atoms with Crippen molar-refractivity contribution in [2.75, 3.05) is 18.4 Å². The molecule has 1 aliphatic heterocycles. The van der Waals surface area contributed by atoms with Crippen LogP contribution in [-0.2, 0) is 21.4 Å². The average Bonchev–Trinajstić information content (AvgIpc) is 3.10. The highest BCUT2D eigenvalue weighted by molar-refractivity contribution is 7.99. The van der Waals surface area contributed by atoms with Crippen LogP contribution >= 0.6 is 11.8 Å². The van der Waals surface area contributed by atoms with Crippen molar-refractivity contribution in [2.45, 2.75) is 41.6 Å². The predicted molar refractivity (Wildman–Crippen MR) is 119 cm³/mol. The van der Waals surface area contributed by atoms with Crippen LogP contribution in [0.1, 0.15) is 19.3 Å². The maximum Gasteiger partial charge on any atom is 0.291 e. The molecule has 0 saturated carbocycles. The van der Waals surface area contributed by atoms with Crippen molar-refractivity contribution in [3.63, 3.8) is 0 Å². The Hall–Kier alpha value is -2.50. The summed E-state index contributed by atoms with van der Waals surface area (Å²) in [4.78, 5) is 17.0. The van der Waals surface area contributed by atoms with E-state index in [1.54, 1.807) is 36.4 Å². The number of carbonyl (C=O) groups is 1. The minimum atomic E-state index is -3.64. The van der Waals surface area contributed by atoms with E-state index in [1.165, 1.54) is 21.0 Å². The highest BCUT2D eigenvalue weighted by Crippen LogP contribution is 2.29. The monoisotopic (exact) mass is 480 g/mol. The molecule has 0 atom stereocenters. The van der Waals surface area contributed by atoms with Crippen molar-refractivity contribution in [2.24, 2.45) is 0 Å². The number of carbonyl (C=O) groups excluding carboxylic acids is 1. The van der Waals surface area contributed by atoms with Gasteiger partial charge in [-0.1, -0.05) is 24.6 Å². The van der Waals surface area contributed by atoms with Crippen LogP contribution in [0, 0.1) is 0 Å². The maximum atomic E-state index is 13.0. The Morgan fingerprint density at radius 3 is 2.59 bits per heavy atom. The Bertz CT molecular complexity index is 1220. The molecule has 1 N–H and O–H groups in total. The van der Waals surface area contributed by atoms with Crippen LogP contribution in [-0.4, -0.2) is 47.0 Å². The number of nitrogens with zero attached hydrogens (tertiary/aromatic N) is 3. The number of hydrogen-bond donors (Lipinski definition) is 1. The van der Waals surface area contributed by atoms with E-state index in [-0.39, 0.29) is 28.4 Å². The second-order valence-corrected chi connectivity index (χ2v) is 10.3. The summed E-state index contributed by atoms with van der Waals surface area (Å²) in [5.74, 6) is -3.15. The first-order chi connectivity index (χ1) is 15.3. The Kier molecular flexibility index (Phi) is 6.77. The Morgan fingerprint density at radius 1 is 1.09 bits per heavy atom. The van der Waals surface area contributed by atoms with Gasteiger partial charge in [0.15, 0.2) is 5.16 Å². The molecule has 0 spiro atoms. The maximum absolute atomic E-state index is 13.0. The molecule has 11 heteroatoms. The molecule has 1 amide bonds. The van der Waals surface area contributed by atoms with E-state index < -0.39 is 21.7 Å². The van der Waals surface area contributed by atoms with Crippen LogP contribution < -0.4 is 5.32 Å². The Morgan fingerprint density at radius 2 is 1.84 bits per heavy atom. The number of imidazole rings is 1. The summed E-state index contributed by atoms with van der Waals surface area (Å²) < 4.78 is 54.6. The number of sulfonamides is 1. The predicted octanol–water partition coefficient (Wildman–Crippen LogP) is 4.16. The van der Waals surface area contributed by atoms with Crippen LogP contribution in [0.4, 0.5) is 14.5 Å². The van der Waals surface area contributed by atoms with Gasteiger partial charge in [0, 0.05) is 18.8 Å². The van der Waals surface area contributed by atoms with E-state index in [1.807, 2.05) is 0 Å². The number of anilines is 1. The molecule has 0 aliphatic carbocycles. The van der Waals surface area contributed by atoms with Crippen molar-refractivity contribution in [3.8, 4) is 0 Å². The van der Waals surface area contributed by atoms with Gasteiger partial charge in [0.25, 0.3) is 5.76 Å². The van der Waals surface area contributed by atoms with Gasteiger partial charge in [0.1, 0.15) is 6.54 Å². The van der Waals surface area contributed by atoms with Crippen molar-refractivity contribution in [1.82, 2.24) is 13.9 Å². The van der Waals surface area contributed by atoms with Crippen LogP contribution in [0.2, 0.25) is 0 Å². The van der Waals surface area contributed by atoms with Gasteiger partial charge < -0.3 is 9.88 Å². The SMILES string of the molecule is O=C(Cn1c(SC(F)F)nc2ccccc21)Nc1cccc(S(=O)(=O)N2CCCCC2)c1. The fraction of sp³-hybridized carbons (Fsp3) is 0.333. The summed E-state index contributed by atoms with van der Waals surface area (Å²) in [5.41, 5.74) is 1.39. The minimum absolute atomic E-state index is 0.0396. The molecular formula is C21H22F2N4O3S2. The summed E-state index contributed by atoms with van der Waals surface area (Å²) in [7, 11) is -3.64. The number of benzene rings is 2. The molecule has 2 aromatic carbocycles. The lowest BCUT2D eigenvalue weighted by molar-refractivity contribution is -0.116. The summed E-state index contributed by atoms with van der Waals surface area (Å²) >= 11 is 0.274. The van der Waals surface area contributed by atoms with Gasteiger partial charge in [0.05, 0.1) is 15.9 Å². The fourth-order valence-corrected chi connectivity index (χ4v) is 5.87. The molecule has 1 aliphatic rings. The number of halogens is 2. The number of amides is 1. The van der Waals surface area contributed by atoms with Crippen LogP contribution in [0.15, 0.2) is 58.6 Å². The summed E-state index contributed by atoms with van der Waals surface area (Å²) in [6.45, 7) is 0.729. The average molecular weight is 481 g/mol. The van der Waals surface area contributed by atoms with Crippen LogP contribution in [0.3, 0.4) is 0 Å². The molecule has 1 fully saturated rings. The molecule has 0 bridgehead atoms. The second kappa shape index (κ2) is 9.55. The molecule has 7 nitrogen and oxygen atoms in total. The van der Waals surface area contributed by atoms with Crippen LogP contribution in [0.5, 0.6) is 0 Å². The van der Waals surface area contributed by atoms with E-state index in [2.05, 4.69) is 10.3 Å². The number of hydrogen-bond acceptors (Lipinski definition) is 5. The topological polar surface area (TPSA) is 84.3 Å². The first kappa shape index (κ1) is 22.7. The van der Waals surface area contributed by atoms with Gasteiger partial charge in [-0.3, -0.25) is 4.79 Å². The molecule has 0 unspecified atom stereocenters. The van der Waals surface area contributed by atoms with E-state index in [0.717, 1.165) is 19.3 Å². The minimum Gasteiger partial charge on any atom is -0.324 e. The number of alkyl halides is 2. The number of fused-ring (bicyclic) bond motifs is 1. The molecule has 4 rings (SSSR count). The number of nitrogens with one attached hydrogen (secondary N) is 1. The number of piperidine rings is 1. The number of aromatic nitrogens is 2.